The molecule has 114 valence electrons. The molecule has 0 unspecified atom stereocenters. The van der Waals surface area contributed by atoms with Crippen molar-refractivity contribution in [3.8, 4) is 0 Å². The molecule has 0 spiro atoms. The Labute approximate surface area is 132 Å². The maximum atomic E-state index is 11.3. The number of aromatic nitrogens is 1. The smallest absolute Gasteiger partial charge is 0.283 e. The predicted octanol–water partition coefficient (Wildman–Crippen LogP) is 1.52. The minimum atomic E-state index is -0.334. The second-order valence-electron chi connectivity index (χ2n) is 5.03. The minimum Gasteiger partial charge on any atom is -0.360 e. The molecule has 2 N–H and O–H groups in total. The Bertz CT molecular complexity index is 660. The molecule has 2 aromatic rings. The summed E-state index contributed by atoms with van der Waals surface area (Å²) >= 11 is 1.33. The minimum absolute atomic E-state index is 0.128. The van der Waals surface area contributed by atoms with E-state index in [1.54, 1.807) is 12.3 Å². The molecule has 0 aliphatic carbocycles. The second kappa shape index (κ2) is 6.76. The number of hydrogen-bond donors (Lipinski definition) is 1. The molecule has 1 aromatic carbocycles. The van der Waals surface area contributed by atoms with Gasteiger partial charge in [-0.25, -0.2) is 4.98 Å². The fourth-order valence-corrected chi connectivity index (χ4v) is 3.37. The monoisotopic (exact) mass is 317 g/mol. The number of anilines is 1. The molecule has 0 saturated carbocycles. The summed E-state index contributed by atoms with van der Waals surface area (Å²) in [6, 6.07) is 10.9. The van der Waals surface area contributed by atoms with E-state index < -0.39 is 0 Å². The topological polar surface area (TPSA) is 75.9 Å². The van der Waals surface area contributed by atoms with Crippen LogP contribution in [0.15, 0.2) is 52.5 Å². The summed E-state index contributed by atoms with van der Waals surface area (Å²) in [5.74, 6) is 0. The molecule has 0 amide bonds. The molecule has 0 radical (unpaired) electrons. The van der Waals surface area contributed by atoms with Crippen molar-refractivity contribution in [3.05, 3.63) is 52.7 Å². The highest BCUT2D eigenvalue weighted by molar-refractivity contribution is 7.99. The van der Waals surface area contributed by atoms with Crippen LogP contribution >= 0.6 is 11.8 Å². The average molecular weight is 317 g/mol. The number of quaternary nitrogens is 1. The fourth-order valence-electron chi connectivity index (χ4n) is 2.46. The van der Waals surface area contributed by atoms with Gasteiger partial charge in [0.2, 0.25) is 0 Å². The molecule has 1 fully saturated rings. The summed E-state index contributed by atoms with van der Waals surface area (Å²) in [6.07, 6.45) is 1.69. The largest absolute Gasteiger partial charge is 0.360 e. The summed E-state index contributed by atoms with van der Waals surface area (Å²) < 4.78 is 0. The molecule has 1 aliphatic heterocycles. The van der Waals surface area contributed by atoms with Crippen molar-refractivity contribution in [2.45, 2.75) is 9.92 Å². The van der Waals surface area contributed by atoms with Gasteiger partial charge in [-0.05, 0) is 24.3 Å². The summed E-state index contributed by atoms with van der Waals surface area (Å²) in [5, 5.41) is 14.3. The third-order valence-corrected chi connectivity index (χ3v) is 4.56. The Hall–Kier alpha value is -2.12. The molecular formula is C15H17N4O2S+. The second-order valence-corrected chi connectivity index (χ2v) is 6.09. The van der Waals surface area contributed by atoms with Gasteiger partial charge in [-0.1, -0.05) is 17.8 Å². The van der Waals surface area contributed by atoms with E-state index in [0.29, 0.717) is 4.90 Å². The van der Waals surface area contributed by atoms with Crippen molar-refractivity contribution in [1.29, 1.82) is 0 Å². The highest BCUT2D eigenvalue weighted by Crippen LogP contribution is 2.36. The Morgan fingerprint density at radius 2 is 2.05 bits per heavy atom. The van der Waals surface area contributed by atoms with E-state index in [9.17, 15) is 10.1 Å². The first-order valence-electron chi connectivity index (χ1n) is 7.18. The van der Waals surface area contributed by atoms with Crippen LogP contribution in [0.2, 0.25) is 0 Å². The van der Waals surface area contributed by atoms with E-state index in [1.165, 1.54) is 11.8 Å². The van der Waals surface area contributed by atoms with E-state index in [0.717, 1.165) is 36.9 Å². The van der Waals surface area contributed by atoms with Crippen molar-refractivity contribution in [2.24, 2.45) is 0 Å². The lowest BCUT2D eigenvalue weighted by Crippen LogP contribution is -2.89. The van der Waals surface area contributed by atoms with Crippen LogP contribution in [0.1, 0.15) is 0 Å². The first-order valence-corrected chi connectivity index (χ1v) is 7.99. The van der Waals surface area contributed by atoms with Crippen molar-refractivity contribution in [3.63, 3.8) is 0 Å². The van der Waals surface area contributed by atoms with Crippen LogP contribution in [0.4, 0.5) is 11.4 Å². The van der Waals surface area contributed by atoms with Gasteiger partial charge in [-0.3, -0.25) is 10.1 Å². The van der Waals surface area contributed by atoms with Crippen LogP contribution < -0.4 is 10.2 Å². The standard InChI is InChI=1S/C15H16N4O2S/c20-19(21)13-5-4-12(18-9-7-16-8-10-18)11-14(13)22-15-3-1-2-6-17-15/h1-6,11,16H,7-10H2/p+1. The zero-order valence-corrected chi connectivity index (χ0v) is 12.8. The molecule has 1 saturated heterocycles. The highest BCUT2D eigenvalue weighted by Gasteiger charge is 2.19. The van der Waals surface area contributed by atoms with Crippen LogP contribution in [0.5, 0.6) is 0 Å². The number of benzene rings is 1. The molecule has 0 atom stereocenters. The van der Waals surface area contributed by atoms with Gasteiger partial charge in [0.1, 0.15) is 5.03 Å². The first kappa shape index (κ1) is 14.8. The fraction of sp³-hybridized carbons (Fsp3) is 0.267. The number of pyridine rings is 1. The third-order valence-electron chi connectivity index (χ3n) is 3.56. The maximum Gasteiger partial charge on any atom is 0.283 e. The lowest BCUT2D eigenvalue weighted by Gasteiger charge is -2.27. The number of nitro benzene ring substituents is 1. The molecule has 6 nitrogen and oxygen atoms in total. The van der Waals surface area contributed by atoms with Gasteiger partial charge in [0.25, 0.3) is 5.69 Å². The van der Waals surface area contributed by atoms with E-state index in [2.05, 4.69) is 15.2 Å². The van der Waals surface area contributed by atoms with Gasteiger partial charge in [0.05, 0.1) is 36.0 Å². The summed E-state index contributed by atoms with van der Waals surface area (Å²) in [7, 11) is 0. The number of rotatable bonds is 4. The van der Waals surface area contributed by atoms with Crippen molar-refractivity contribution in [2.75, 3.05) is 31.1 Å². The van der Waals surface area contributed by atoms with Gasteiger partial charge in [-0.2, -0.15) is 0 Å². The van der Waals surface area contributed by atoms with Gasteiger partial charge < -0.3 is 10.2 Å². The van der Waals surface area contributed by atoms with Gasteiger partial charge in [-0.15, -0.1) is 0 Å². The lowest BCUT2D eigenvalue weighted by molar-refractivity contribution is -0.655. The number of piperazine rings is 1. The van der Waals surface area contributed by atoms with Crippen LogP contribution in [-0.4, -0.2) is 36.1 Å². The summed E-state index contributed by atoms with van der Waals surface area (Å²) in [4.78, 5) is 18.1. The van der Waals surface area contributed by atoms with Crippen molar-refractivity contribution < 1.29 is 10.2 Å². The lowest BCUT2D eigenvalue weighted by atomic mass is 10.2. The predicted molar refractivity (Wildman–Crippen MR) is 85.3 cm³/mol. The van der Waals surface area contributed by atoms with Crippen LogP contribution in [0.3, 0.4) is 0 Å². The molecule has 22 heavy (non-hydrogen) atoms. The van der Waals surface area contributed by atoms with Gasteiger partial charge >= 0.3 is 0 Å². The number of nitro groups is 1. The zero-order chi connectivity index (χ0) is 15.4. The molecule has 0 bridgehead atoms. The molecule has 7 heteroatoms. The molecule has 1 aliphatic rings. The number of nitrogens with zero attached hydrogens (tertiary/aromatic N) is 3. The Morgan fingerprint density at radius 1 is 1.23 bits per heavy atom. The van der Waals surface area contributed by atoms with E-state index in [1.807, 2.05) is 30.3 Å². The van der Waals surface area contributed by atoms with Crippen molar-refractivity contribution in [1.82, 2.24) is 4.98 Å². The quantitative estimate of drug-likeness (QED) is 0.683. The Balaban J connectivity index is 1.92. The normalized spacial score (nSPS) is 14.8. The van der Waals surface area contributed by atoms with Crippen LogP contribution in [0.25, 0.3) is 0 Å². The zero-order valence-electron chi connectivity index (χ0n) is 12.0. The first-order chi connectivity index (χ1) is 10.7. The highest BCUT2D eigenvalue weighted by atomic mass is 32.2. The van der Waals surface area contributed by atoms with E-state index >= 15 is 0 Å². The van der Waals surface area contributed by atoms with Crippen LogP contribution in [-0.2, 0) is 0 Å². The van der Waals surface area contributed by atoms with E-state index in [4.69, 9.17) is 0 Å². The average Bonchev–Trinajstić information content (AvgIpc) is 2.56. The maximum absolute atomic E-state index is 11.3. The Morgan fingerprint density at radius 3 is 2.73 bits per heavy atom. The van der Waals surface area contributed by atoms with Crippen molar-refractivity contribution >= 4 is 23.1 Å². The molecule has 2 heterocycles. The third kappa shape index (κ3) is 3.37. The number of nitrogens with two attached hydrogens (primary N) is 1. The number of hydrogen-bond acceptors (Lipinski definition) is 5. The molecule has 3 rings (SSSR count). The Kier molecular flexibility index (Phi) is 4.55. The molecule has 1 aromatic heterocycles. The molecular weight excluding hydrogens is 300 g/mol. The SMILES string of the molecule is O=[N+]([O-])c1ccc(N2CC[NH2+]CC2)cc1Sc1ccccn1. The summed E-state index contributed by atoms with van der Waals surface area (Å²) in [5.41, 5.74) is 1.17. The van der Waals surface area contributed by atoms with Crippen LogP contribution in [0, 0.1) is 10.1 Å². The van der Waals surface area contributed by atoms with Gasteiger partial charge in [0, 0.05) is 18.0 Å². The van der Waals surface area contributed by atoms with Gasteiger partial charge in [0.15, 0.2) is 0 Å². The van der Waals surface area contributed by atoms with E-state index in [-0.39, 0.29) is 10.6 Å². The summed E-state index contributed by atoms with van der Waals surface area (Å²) in [6.45, 7) is 4.04.